The summed E-state index contributed by atoms with van der Waals surface area (Å²) in [7, 11) is 0. The molecule has 30 heavy (non-hydrogen) atoms. The zero-order valence-electron chi connectivity index (χ0n) is 16.5. The van der Waals surface area contributed by atoms with Crippen molar-refractivity contribution in [3.63, 3.8) is 0 Å². The molecule has 154 valence electrons. The standard InChI is InChI=1S/C22H19Cl2N3O2S/c1-3-22(2)8-17-12(10-29-22)7-13-18-19(30-20(13)26-17)21(28)27(11-25-18)9-14-15(23)5-4-6-16(14)24/h4-7,11H,3,8-10H2,1-2H3. The van der Waals surface area contributed by atoms with Crippen molar-refractivity contribution in [1.29, 1.82) is 0 Å². The van der Waals surface area contributed by atoms with Crippen LogP contribution in [0.5, 0.6) is 0 Å². The minimum Gasteiger partial charge on any atom is -0.370 e. The number of hydrogen-bond acceptors (Lipinski definition) is 5. The molecule has 3 aromatic heterocycles. The van der Waals surface area contributed by atoms with Crippen LogP contribution in [0.15, 0.2) is 35.4 Å². The van der Waals surface area contributed by atoms with Gasteiger partial charge in [0.1, 0.15) is 9.53 Å². The van der Waals surface area contributed by atoms with Gasteiger partial charge in [0.15, 0.2) is 0 Å². The summed E-state index contributed by atoms with van der Waals surface area (Å²) in [5.74, 6) is 0. The number of pyridine rings is 1. The normalized spacial score (nSPS) is 18.8. The number of aromatic nitrogens is 3. The van der Waals surface area contributed by atoms with E-state index in [0.29, 0.717) is 32.4 Å². The predicted octanol–water partition coefficient (Wildman–Crippen LogP) is 5.60. The van der Waals surface area contributed by atoms with Gasteiger partial charge in [0, 0.05) is 33.0 Å². The van der Waals surface area contributed by atoms with Crippen molar-refractivity contribution in [2.45, 2.75) is 45.4 Å². The molecular weight excluding hydrogens is 441 g/mol. The van der Waals surface area contributed by atoms with Crippen LogP contribution < -0.4 is 5.56 Å². The predicted molar refractivity (Wildman–Crippen MR) is 122 cm³/mol. The van der Waals surface area contributed by atoms with Gasteiger partial charge in [-0.25, -0.2) is 9.97 Å². The van der Waals surface area contributed by atoms with Crippen LogP contribution in [0.2, 0.25) is 10.0 Å². The third-order valence-corrected chi connectivity index (χ3v) is 7.65. The van der Waals surface area contributed by atoms with Gasteiger partial charge in [0.25, 0.3) is 5.56 Å². The van der Waals surface area contributed by atoms with Crippen LogP contribution in [0, 0.1) is 0 Å². The van der Waals surface area contributed by atoms with E-state index in [2.05, 4.69) is 24.9 Å². The number of thiophene rings is 1. The Bertz CT molecular complexity index is 1340. The topological polar surface area (TPSA) is 57.0 Å². The molecule has 1 atom stereocenters. The lowest BCUT2D eigenvalue weighted by Gasteiger charge is -2.33. The molecule has 1 aliphatic rings. The maximum absolute atomic E-state index is 13.2. The first-order valence-corrected chi connectivity index (χ1v) is 11.3. The van der Waals surface area contributed by atoms with Crippen LogP contribution in [0.1, 0.15) is 37.1 Å². The van der Waals surface area contributed by atoms with Crippen molar-refractivity contribution in [2.75, 3.05) is 0 Å². The van der Waals surface area contributed by atoms with Gasteiger partial charge in [0.05, 0.1) is 36.3 Å². The Morgan fingerprint density at radius 1 is 1.30 bits per heavy atom. The summed E-state index contributed by atoms with van der Waals surface area (Å²) >= 11 is 14.0. The average molecular weight is 460 g/mol. The molecule has 8 heteroatoms. The van der Waals surface area contributed by atoms with Gasteiger partial charge < -0.3 is 4.74 Å². The Morgan fingerprint density at radius 3 is 2.80 bits per heavy atom. The van der Waals surface area contributed by atoms with Crippen LogP contribution in [-0.2, 0) is 24.3 Å². The minimum absolute atomic E-state index is 0.119. The molecule has 0 bridgehead atoms. The summed E-state index contributed by atoms with van der Waals surface area (Å²) in [6.45, 7) is 5.04. The molecule has 1 aromatic carbocycles. The molecule has 5 rings (SSSR count). The molecule has 5 nitrogen and oxygen atoms in total. The van der Waals surface area contributed by atoms with Gasteiger partial charge in [0.2, 0.25) is 0 Å². The minimum atomic E-state index is -0.191. The molecule has 0 fully saturated rings. The Labute approximate surface area is 187 Å². The summed E-state index contributed by atoms with van der Waals surface area (Å²) < 4.78 is 8.19. The smallest absolute Gasteiger partial charge is 0.271 e. The fourth-order valence-electron chi connectivity index (χ4n) is 3.80. The van der Waals surface area contributed by atoms with Crippen molar-refractivity contribution in [2.24, 2.45) is 0 Å². The monoisotopic (exact) mass is 459 g/mol. The highest BCUT2D eigenvalue weighted by atomic mass is 35.5. The van der Waals surface area contributed by atoms with Crippen molar-refractivity contribution in [1.82, 2.24) is 14.5 Å². The second-order valence-corrected chi connectivity index (χ2v) is 9.69. The highest BCUT2D eigenvalue weighted by molar-refractivity contribution is 7.25. The highest BCUT2D eigenvalue weighted by Crippen LogP contribution is 2.35. The van der Waals surface area contributed by atoms with E-state index in [4.69, 9.17) is 32.9 Å². The number of rotatable bonds is 3. The molecule has 4 aromatic rings. The first-order valence-electron chi connectivity index (χ1n) is 9.76. The number of halogens is 2. The van der Waals surface area contributed by atoms with Gasteiger partial charge in [-0.05, 0) is 31.5 Å². The number of ether oxygens (including phenoxy) is 1. The van der Waals surface area contributed by atoms with Crippen molar-refractivity contribution >= 4 is 55.0 Å². The fraction of sp³-hybridized carbons (Fsp3) is 0.318. The van der Waals surface area contributed by atoms with E-state index in [-0.39, 0.29) is 17.7 Å². The molecule has 1 unspecified atom stereocenters. The Kier molecular flexibility index (Phi) is 4.86. The third kappa shape index (κ3) is 3.23. The molecule has 0 aliphatic carbocycles. The molecule has 0 amide bonds. The van der Waals surface area contributed by atoms with E-state index in [1.165, 1.54) is 11.3 Å². The number of fused-ring (bicyclic) bond motifs is 4. The van der Waals surface area contributed by atoms with E-state index >= 15 is 0 Å². The Morgan fingerprint density at radius 2 is 2.07 bits per heavy atom. The van der Waals surface area contributed by atoms with Gasteiger partial charge >= 0.3 is 0 Å². The van der Waals surface area contributed by atoms with Gasteiger partial charge in [-0.2, -0.15) is 0 Å². The fourth-order valence-corrected chi connectivity index (χ4v) is 5.40. The molecule has 0 N–H and O–H groups in total. The SMILES string of the molecule is CCC1(C)Cc2nc3sc4c(=O)n(Cc5c(Cl)cccc5Cl)cnc4c3cc2CO1. The van der Waals surface area contributed by atoms with Crippen LogP contribution >= 0.6 is 34.5 Å². The lowest BCUT2D eigenvalue weighted by atomic mass is 9.91. The second-order valence-electron chi connectivity index (χ2n) is 7.87. The molecular formula is C22H19Cl2N3O2S. The van der Waals surface area contributed by atoms with Gasteiger partial charge in [-0.1, -0.05) is 36.2 Å². The molecule has 0 radical (unpaired) electrons. The van der Waals surface area contributed by atoms with E-state index in [9.17, 15) is 4.79 Å². The van der Waals surface area contributed by atoms with Crippen LogP contribution in [0.25, 0.3) is 20.4 Å². The van der Waals surface area contributed by atoms with Gasteiger partial charge in [-0.3, -0.25) is 9.36 Å². The maximum Gasteiger partial charge on any atom is 0.271 e. The summed E-state index contributed by atoms with van der Waals surface area (Å²) in [6.07, 6.45) is 3.25. The lowest BCUT2D eigenvalue weighted by Crippen LogP contribution is -2.35. The lowest BCUT2D eigenvalue weighted by molar-refractivity contribution is -0.0573. The van der Waals surface area contributed by atoms with E-state index in [0.717, 1.165) is 34.3 Å². The molecule has 0 saturated heterocycles. The Balaban J connectivity index is 1.62. The number of nitrogens with zero attached hydrogens (tertiary/aromatic N) is 3. The molecule has 0 spiro atoms. The second kappa shape index (κ2) is 7.31. The quantitative estimate of drug-likeness (QED) is 0.399. The molecule has 0 saturated carbocycles. The first kappa shape index (κ1) is 19.9. The third-order valence-electron chi connectivity index (χ3n) is 5.86. The number of benzene rings is 1. The first-order chi connectivity index (χ1) is 14.4. The molecule has 4 heterocycles. The summed E-state index contributed by atoms with van der Waals surface area (Å²) in [5.41, 5.74) is 3.20. The highest BCUT2D eigenvalue weighted by Gasteiger charge is 2.31. The number of hydrogen-bond donors (Lipinski definition) is 0. The van der Waals surface area contributed by atoms with E-state index < -0.39 is 0 Å². The summed E-state index contributed by atoms with van der Waals surface area (Å²) in [5, 5.41) is 1.95. The van der Waals surface area contributed by atoms with Crippen LogP contribution in [0.3, 0.4) is 0 Å². The van der Waals surface area contributed by atoms with Crippen molar-refractivity contribution < 1.29 is 4.74 Å². The largest absolute Gasteiger partial charge is 0.370 e. The van der Waals surface area contributed by atoms with Crippen molar-refractivity contribution in [3.05, 3.63) is 67.8 Å². The van der Waals surface area contributed by atoms with Crippen LogP contribution in [0.4, 0.5) is 0 Å². The van der Waals surface area contributed by atoms with Crippen molar-refractivity contribution in [3.8, 4) is 0 Å². The average Bonchev–Trinajstić information content (AvgIpc) is 3.09. The Hall–Kier alpha value is -1.99. The van der Waals surface area contributed by atoms with E-state index in [1.807, 2.05) is 0 Å². The van der Waals surface area contributed by atoms with E-state index in [1.54, 1.807) is 29.1 Å². The maximum atomic E-state index is 13.2. The molecule has 1 aliphatic heterocycles. The summed E-state index contributed by atoms with van der Waals surface area (Å²) in [6, 6.07) is 7.39. The summed E-state index contributed by atoms with van der Waals surface area (Å²) in [4.78, 5) is 23.5. The zero-order chi connectivity index (χ0) is 21.0. The van der Waals surface area contributed by atoms with Crippen LogP contribution in [-0.4, -0.2) is 20.1 Å². The zero-order valence-corrected chi connectivity index (χ0v) is 18.9. The van der Waals surface area contributed by atoms with Gasteiger partial charge in [-0.15, -0.1) is 11.3 Å².